The zero-order valence-electron chi connectivity index (χ0n) is 10.2. The predicted molar refractivity (Wildman–Crippen MR) is 68.3 cm³/mol. The van der Waals surface area contributed by atoms with Gasteiger partial charge in [0.1, 0.15) is 5.75 Å². The first-order valence-electron chi connectivity index (χ1n) is 6.34. The molecule has 0 radical (unpaired) electrons. The van der Waals surface area contributed by atoms with Crippen molar-refractivity contribution < 1.29 is 4.74 Å². The Hall–Kier alpha value is -1.57. The number of methoxy groups -OCH3 is 1. The van der Waals surface area contributed by atoms with Crippen molar-refractivity contribution in [3.05, 3.63) is 40.7 Å². The number of benzene rings is 1. The summed E-state index contributed by atoms with van der Waals surface area (Å²) in [5, 5.41) is 1.29. The van der Waals surface area contributed by atoms with Crippen LogP contribution in [0.3, 0.4) is 0 Å². The van der Waals surface area contributed by atoms with Crippen LogP contribution in [0.2, 0.25) is 0 Å². The molecule has 0 saturated heterocycles. The first kappa shape index (κ1) is 10.6. The molecule has 0 fully saturated rings. The third-order valence-electron chi connectivity index (χ3n) is 3.54. The summed E-state index contributed by atoms with van der Waals surface area (Å²) in [6.07, 6.45) is 6.53. The highest BCUT2D eigenvalue weighted by molar-refractivity contribution is 5.46. The third-order valence-corrected chi connectivity index (χ3v) is 3.54. The Morgan fingerprint density at radius 3 is 2.18 bits per heavy atom. The van der Waals surface area contributed by atoms with E-state index in [4.69, 9.17) is 9.73 Å². The molecule has 0 amide bonds. The lowest BCUT2D eigenvalue weighted by Gasteiger charge is -1.98. The van der Waals surface area contributed by atoms with Crippen LogP contribution in [0, 0.1) is 0 Å². The Bertz CT molecular complexity index is 508. The smallest absolute Gasteiger partial charge is 0.119 e. The van der Waals surface area contributed by atoms with Gasteiger partial charge in [0.05, 0.1) is 18.2 Å². The summed E-state index contributed by atoms with van der Waals surface area (Å²) >= 11 is 0. The molecule has 0 unspecified atom stereocenters. The molecular formula is C15H17NO. The van der Waals surface area contributed by atoms with Gasteiger partial charge in [0.25, 0.3) is 0 Å². The highest BCUT2D eigenvalue weighted by Gasteiger charge is 2.20. The second-order valence-corrected chi connectivity index (χ2v) is 4.68. The molecule has 0 saturated carbocycles. The Kier molecular flexibility index (Phi) is 2.71. The molecule has 0 atom stereocenters. The normalized spacial score (nSPS) is 15.4. The van der Waals surface area contributed by atoms with Gasteiger partial charge in [-0.25, -0.2) is 4.99 Å². The van der Waals surface area contributed by atoms with Crippen molar-refractivity contribution in [3.63, 3.8) is 0 Å². The van der Waals surface area contributed by atoms with Gasteiger partial charge in [-0.05, 0) is 61.1 Å². The lowest BCUT2D eigenvalue weighted by molar-refractivity contribution is 0.415. The maximum absolute atomic E-state index is 5.14. The summed E-state index contributed by atoms with van der Waals surface area (Å²) in [5.74, 6) is 0.888. The molecule has 2 heteroatoms. The lowest BCUT2D eigenvalue weighted by Crippen LogP contribution is -1.91. The van der Waals surface area contributed by atoms with Crippen molar-refractivity contribution in [2.24, 2.45) is 4.99 Å². The van der Waals surface area contributed by atoms with E-state index in [1.54, 1.807) is 18.2 Å². The van der Waals surface area contributed by atoms with Crippen LogP contribution < -0.4 is 10.1 Å². The van der Waals surface area contributed by atoms with Gasteiger partial charge in [0, 0.05) is 0 Å². The largest absolute Gasteiger partial charge is 0.497 e. The fourth-order valence-electron chi connectivity index (χ4n) is 2.50. The molecule has 17 heavy (non-hydrogen) atoms. The summed E-state index contributed by atoms with van der Waals surface area (Å²) in [4.78, 5) is 4.72. The predicted octanol–water partition coefficient (Wildman–Crippen LogP) is 3.07. The minimum Gasteiger partial charge on any atom is -0.497 e. The van der Waals surface area contributed by atoms with E-state index in [0.29, 0.717) is 0 Å². The van der Waals surface area contributed by atoms with Crippen molar-refractivity contribution in [3.8, 4) is 5.75 Å². The summed E-state index contributed by atoms with van der Waals surface area (Å²) in [6.45, 7) is 0. The Morgan fingerprint density at radius 2 is 1.59 bits per heavy atom. The monoisotopic (exact) mass is 227 g/mol. The Morgan fingerprint density at radius 1 is 0.941 bits per heavy atom. The third kappa shape index (κ3) is 2.12. The van der Waals surface area contributed by atoms with Gasteiger partial charge in [-0.15, -0.1) is 0 Å². The zero-order valence-corrected chi connectivity index (χ0v) is 10.2. The van der Waals surface area contributed by atoms with Crippen LogP contribution in [0.5, 0.6) is 5.75 Å². The van der Waals surface area contributed by atoms with E-state index in [9.17, 15) is 0 Å². The number of hydrogen-bond acceptors (Lipinski definition) is 2. The molecule has 2 aromatic carbocycles. The van der Waals surface area contributed by atoms with E-state index in [1.165, 1.54) is 37.5 Å². The second kappa shape index (κ2) is 4.36. The topological polar surface area (TPSA) is 21.6 Å². The molecule has 2 aromatic rings. The van der Waals surface area contributed by atoms with Crippen LogP contribution in [0.25, 0.3) is 0 Å². The first-order chi connectivity index (χ1) is 8.38. The maximum atomic E-state index is 5.14. The zero-order chi connectivity index (χ0) is 11.7. The van der Waals surface area contributed by atoms with E-state index >= 15 is 0 Å². The molecule has 0 bridgehead atoms. The Balaban J connectivity index is 1.84. The maximum Gasteiger partial charge on any atom is 0.119 e. The van der Waals surface area contributed by atoms with Gasteiger partial charge < -0.3 is 4.74 Å². The van der Waals surface area contributed by atoms with Crippen LogP contribution in [-0.4, -0.2) is 7.11 Å². The van der Waals surface area contributed by atoms with Crippen molar-refractivity contribution >= 4 is 5.69 Å². The number of rotatable bonds is 2. The molecule has 0 spiro atoms. The van der Waals surface area contributed by atoms with Crippen LogP contribution >= 0.6 is 0 Å². The molecule has 1 aliphatic carbocycles. The van der Waals surface area contributed by atoms with Crippen molar-refractivity contribution in [1.82, 2.24) is 0 Å². The van der Waals surface area contributed by atoms with Crippen molar-refractivity contribution in [1.29, 1.82) is 0 Å². The number of nitrogens with zero attached hydrogens (tertiary/aromatic N) is 1. The molecule has 0 N–H and O–H groups in total. The molecule has 88 valence electrons. The van der Waals surface area contributed by atoms with Gasteiger partial charge in [-0.1, -0.05) is 6.42 Å². The van der Waals surface area contributed by atoms with Crippen LogP contribution in [0.4, 0.5) is 5.69 Å². The highest BCUT2D eigenvalue weighted by atomic mass is 16.5. The molecular weight excluding hydrogens is 210 g/mol. The Labute approximate surface area is 102 Å². The summed E-state index contributed by atoms with van der Waals surface area (Å²) in [6, 6.07) is 7.97. The van der Waals surface area contributed by atoms with E-state index in [2.05, 4.69) is 0 Å². The summed E-state index contributed by atoms with van der Waals surface area (Å²) in [7, 11) is 1.69. The van der Waals surface area contributed by atoms with E-state index in [1.807, 2.05) is 24.3 Å². The standard InChI is InChI=1S/C15H17NO/c1-17-12-9-7-11(8-10-12)16-15-13-5-3-2-4-6-14(13)15/h7-10H,2-6H2,1H3. The van der Waals surface area contributed by atoms with Gasteiger partial charge >= 0.3 is 0 Å². The molecule has 0 aromatic heterocycles. The van der Waals surface area contributed by atoms with E-state index < -0.39 is 0 Å². The van der Waals surface area contributed by atoms with Crippen LogP contribution in [-0.2, 0) is 12.8 Å². The van der Waals surface area contributed by atoms with Crippen LogP contribution in [0.15, 0.2) is 29.3 Å². The molecule has 2 nitrogen and oxygen atoms in total. The highest BCUT2D eigenvalue weighted by Crippen LogP contribution is 2.24. The van der Waals surface area contributed by atoms with Crippen molar-refractivity contribution in [2.45, 2.75) is 32.1 Å². The fraction of sp³-hybridized carbons (Fsp3) is 0.400. The number of ether oxygens (including phenoxy) is 1. The minimum absolute atomic E-state index is 0.888. The summed E-state index contributed by atoms with van der Waals surface area (Å²) < 4.78 is 5.14. The number of fused-ring (bicyclic) bond motifs is 1. The average Bonchev–Trinajstić information content (AvgIpc) is 3.07. The van der Waals surface area contributed by atoms with Gasteiger partial charge in [-0.3, -0.25) is 0 Å². The minimum atomic E-state index is 0.888. The summed E-state index contributed by atoms with van der Waals surface area (Å²) in [5.41, 5.74) is 4.12. The quantitative estimate of drug-likeness (QED) is 0.722. The second-order valence-electron chi connectivity index (χ2n) is 4.68. The molecule has 3 rings (SSSR count). The lowest BCUT2D eigenvalue weighted by atomic mass is 10.2. The van der Waals surface area contributed by atoms with Gasteiger partial charge in [0.2, 0.25) is 0 Å². The van der Waals surface area contributed by atoms with E-state index in [0.717, 1.165) is 11.4 Å². The van der Waals surface area contributed by atoms with Gasteiger partial charge in [0.15, 0.2) is 0 Å². The van der Waals surface area contributed by atoms with Crippen molar-refractivity contribution in [2.75, 3.05) is 7.11 Å². The van der Waals surface area contributed by atoms with Crippen LogP contribution in [0.1, 0.15) is 30.4 Å². The average molecular weight is 227 g/mol. The SMILES string of the molecule is COc1ccc(N=c2c3c2CCCCC3)cc1. The molecule has 1 aliphatic rings. The molecule has 0 heterocycles. The first-order valence-corrected chi connectivity index (χ1v) is 6.34. The fourth-order valence-corrected chi connectivity index (χ4v) is 2.50. The molecule has 0 aliphatic heterocycles. The van der Waals surface area contributed by atoms with E-state index in [-0.39, 0.29) is 0 Å². The number of hydrogen-bond donors (Lipinski definition) is 0. The van der Waals surface area contributed by atoms with Gasteiger partial charge in [-0.2, -0.15) is 0 Å².